The first kappa shape index (κ1) is 12.8. The number of hydrogen-bond acceptors (Lipinski definition) is 2. The van der Waals surface area contributed by atoms with Crippen molar-refractivity contribution in [2.75, 3.05) is 19.8 Å². The second-order valence-corrected chi connectivity index (χ2v) is 5.13. The van der Waals surface area contributed by atoms with Gasteiger partial charge >= 0.3 is 0 Å². The second kappa shape index (κ2) is 5.34. The van der Waals surface area contributed by atoms with Crippen molar-refractivity contribution in [3.8, 4) is 0 Å². The van der Waals surface area contributed by atoms with Crippen LogP contribution in [0.3, 0.4) is 0 Å². The van der Waals surface area contributed by atoms with Crippen LogP contribution in [0.25, 0.3) is 0 Å². The van der Waals surface area contributed by atoms with Crippen molar-refractivity contribution in [1.82, 2.24) is 0 Å². The van der Waals surface area contributed by atoms with Crippen LogP contribution in [-0.4, -0.2) is 19.8 Å². The lowest BCUT2D eigenvalue weighted by molar-refractivity contribution is -0.00265. The molecule has 0 aliphatic carbocycles. The summed E-state index contributed by atoms with van der Waals surface area (Å²) in [4.78, 5) is 0. The first-order valence-electron chi connectivity index (χ1n) is 5.88. The summed E-state index contributed by atoms with van der Waals surface area (Å²) in [6, 6.07) is 4.92. The van der Waals surface area contributed by atoms with E-state index in [0.29, 0.717) is 19.6 Å². The molecule has 17 heavy (non-hydrogen) atoms. The molecule has 1 heterocycles. The first-order chi connectivity index (χ1) is 8.17. The van der Waals surface area contributed by atoms with E-state index in [-0.39, 0.29) is 16.3 Å². The largest absolute Gasteiger partial charge is 0.381 e. The summed E-state index contributed by atoms with van der Waals surface area (Å²) in [6.07, 6.45) is 2.70. The number of ether oxygens (including phenoxy) is 1. The molecule has 4 heteroatoms. The zero-order chi connectivity index (χ0) is 12.3. The molecule has 1 aliphatic rings. The van der Waals surface area contributed by atoms with Gasteiger partial charge in [0, 0.05) is 18.6 Å². The Morgan fingerprint density at radius 1 is 1.47 bits per heavy atom. The van der Waals surface area contributed by atoms with Crippen molar-refractivity contribution < 1.29 is 9.13 Å². The van der Waals surface area contributed by atoms with Gasteiger partial charge in [0.1, 0.15) is 5.82 Å². The summed E-state index contributed by atoms with van der Waals surface area (Å²) in [6.45, 7) is 1.97. The molecule has 1 atom stereocenters. The van der Waals surface area contributed by atoms with E-state index in [9.17, 15) is 4.39 Å². The van der Waals surface area contributed by atoms with Crippen LogP contribution in [0.4, 0.5) is 4.39 Å². The minimum Gasteiger partial charge on any atom is -0.381 e. The lowest BCUT2D eigenvalue weighted by Crippen LogP contribution is -2.40. The van der Waals surface area contributed by atoms with Gasteiger partial charge in [0.25, 0.3) is 0 Å². The van der Waals surface area contributed by atoms with Gasteiger partial charge in [-0.05, 0) is 30.9 Å². The molecule has 1 aliphatic heterocycles. The van der Waals surface area contributed by atoms with Gasteiger partial charge in [-0.25, -0.2) is 4.39 Å². The molecule has 2 nitrogen and oxygen atoms in total. The van der Waals surface area contributed by atoms with Gasteiger partial charge in [-0.3, -0.25) is 0 Å². The fourth-order valence-electron chi connectivity index (χ4n) is 2.37. The van der Waals surface area contributed by atoms with Gasteiger partial charge in [-0.15, -0.1) is 0 Å². The van der Waals surface area contributed by atoms with Crippen LogP contribution in [0, 0.1) is 11.2 Å². The van der Waals surface area contributed by atoms with Crippen LogP contribution in [0.2, 0.25) is 5.02 Å². The first-order valence-corrected chi connectivity index (χ1v) is 6.25. The molecule has 0 bridgehead atoms. The Morgan fingerprint density at radius 2 is 2.29 bits per heavy atom. The molecule has 1 saturated heterocycles. The highest BCUT2D eigenvalue weighted by Crippen LogP contribution is 2.34. The average molecular weight is 258 g/mol. The predicted octanol–water partition coefficient (Wildman–Crippen LogP) is 2.78. The number of hydrogen-bond donors (Lipinski definition) is 1. The molecular formula is C13H17ClFNO. The summed E-state index contributed by atoms with van der Waals surface area (Å²) in [5.41, 5.74) is 6.59. The topological polar surface area (TPSA) is 35.2 Å². The SMILES string of the molecule is NCC1(Cc2cccc(F)c2Cl)CCCOC1. The highest BCUT2D eigenvalue weighted by Gasteiger charge is 2.32. The molecule has 0 amide bonds. The molecule has 2 rings (SSSR count). The lowest BCUT2D eigenvalue weighted by Gasteiger charge is -2.36. The lowest BCUT2D eigenvalue weighted by atomic mass is 9.77. The molecule has 2 N–H and O–H groups in total. The van der Waals surface area contributed by atoms with Crippen molar-refractivity contribution in [3.05, 3.63) is 34.6 Å². The Kier molecular flexibility index (Phi) is 4.02. The smallest absolute Gasteiger partial charge is 0.142 e. The van der Waals surface area contributed by atoms with Crippen LogP contribution < -0.4 is 5.73 Å². The summed E-state index contributed by atoms with van der Waals surface area (Å²) in [5.74, 6) is -0.368. The maximum absolute atomic E-state index is 13.4. The Bertz CT molecular complexity index is 391. The van der Waals surface area contributed by atoms with Gasteiger partial charge in [0.15, 0.2) is 0 Å². The fourth-order valence-corrected chi connectivity index (χ4v) is 2.56. The van der Waals surface area contributed by atoms with Crippen molar-refractivity contribution in [2.45, 2.75) is 19.3 Å². The zero-order valence-corrected chi connectivity index (χ0v) is 10.5. The van der Waals surface area contributed by atoms with Crippen LogP contribution in [-0.2, 0) is 11.2 Å². The standard InChI is InChI=1S/C13H17ClFNO/c14-12-10(3-1-4-11(12)15)7-13(8-16)5-2-6-17-9-13/h1,3-4H,2,5-9,16H2. The molecule has 0 radical (unpaired) electrons. The molecule has 0 saturated carbocycles. The third-order valence-corrected chi connectivity index (χ3v) is 3.86. The molecule has 0 spiro atoms. The van der Waals surface area contributed by atoms with Crippen molar-refractivity contribution in [3.63, 3.8) is 0 Å². The highest BCUT2D eigenvalue weighted by molar-refractivity contribution is 6.31. The van der Waals surface area contributed by atoms with E-state index in [1.54, 1.807) is 6.07 Å². The number of halogens is 2. The van der Waals surface area contributed by atoms with Crippen LogP contribution in [0.5, 0.6) is 0 Å². The monoisotopic (exact) mass is 257 g/mol. The van der Waals surface area contributed by atoms with Gasteiger partial charge in [0.05, 0.1) is 11.6 Å². The zero-order valence-electron chi connectivity index (χ0n) is 9.72. The van der Waals surface area contributed by atoms with Crippen molar-refractivity contribution >= 4 is 11.6 Å². The summed E-state index contributed by atoms with van der Waals surface area (Å²) in [5, 5.41) is 0.214. The van der Waals surface area contributed by atoms with E-state index in [4.69, 9.17) is 22.1 Å². The average Bonchev–Trinajstić information content (AvgIpc) is 2.36. The van der Waals surface area contributed by atoms with Gasteiger partial charge in [0.2, 0.25) is 0 Å². The van der Waals surface area contributed by atoms with E-state index in [2.05, 4.69) is 0 Å². The van der Waals surface area contributed by atoms with E-state index < -0.39 is 0 Å². The third-order valence-electron chi connectivity index (χ3n) is 3.43. The van der Waals surface area contributed by atoms with Crippen LogP contribution in [0.15, 0.2) is 18.2 Å². The molecule has 1 fully saturated rings. The van der Waals surface area contributed by atoms with Crippen molar-refractivity contribution in [2.24, 2.45) is 11.1 Å². The molecule has 0 aromatic heterocycles. The number of nitrogens with two attached hydrogens (primary N) is 1. The third kappa shape index (κ3) is 2.79. The maximum atomic E-state index is 13.4. The van der Waals surface area contributed by atoms with E-state index in [1.165, 1.54) is 6.07 Å². The molecule has 1 aromatic rings. The second-order valence-electron chi connectivity index (χ2n) is 4.75. The maximum Gasteiger partial charge on any atom is 0.142 e. The normalized spacial score (nSPS) is 24.9. The molecule has 1 aromatic carbocycles. The Labute approximate surface area is 106 Å². The molecule has 94 valence electrons. The summed E-state index contributed by atoms with van der Waals surface area (Å²) < 4.78 is 18.9. The number of rotatable bonds is 3. The van der Waals surface area contributed by atoms with E-state index >= 15 is 0 Å². The minimum absolute atomic E-state index is 0.0876. The van der Waals surface area contributed by atoms with E-state index in [1.807, 2.05) is 6.07 Å². The van der Waals surface area contributed by atoms with E-state index in [0.717, 1.165) is 25.0 Å². The van der Waals surface area contributed by atoms with Gasteiger partial charge in [-0.1, -0.05) is 23.7 Å². The molecule has 1 unspecified atom stereocenters. The predicted molar refractivity (Wildman–Crippen MR) is 66.7 cm³/mol. The Hall–Kier alpha value is -0.640. The Balaban J connectivity index is 2.20. The molecular weight excluding hydrogens is 241 g/mol. The Morgan fingerprint density at radius 3 is 2.94 bits per heavy atom. The fraction of sp³-hybridized carbons (Fsp3) is 0.538. The minimum atomic E-state index is -0.368. The van der Waals surface area contributed by atoms with Crippen molar-refractivity contribution in [1.29, 1.82) is 0 Å². The van der Waals surface area contributed by atoms with Gasteiger partial charge in [-0.2, -0.15) is 0 Å². The van der Waals surface area contributed by atoms with Gasteiger partial charge < -0.3 is 10.5 Å². The van der Waals surface area contributed by atoms with Crippen LogP contribution in [0.1, 0.15) is 18.4 Å². The van der Waals surface area contributed by atoms with Crippen LogP contribution >= 0.6 is 11.6 Å². The highest BCUT2D eigenvalue weighted by atomic mass is 35.5. The quantitative estimate of drug-likeness (QED) is 0.904. The summed E-state index contributed by atoms with van der Waals surface area (Å²) in [7, 11) is 0. The number of benzene rings is 1. The summed E-state index contributed by atoms with van der Waals surface area (Å²) >= 11 is 5.97.